The molecule has 0 spiro atoms. The van der Waals surface area contributed by atoms with Crippen molar-refractivity contribution >= 4 is 5.69 Å². The quantitative estimate of drug-likeness (QED) is 0.842. The Balaban J connectivity index is 1.84. The predicted molar refractivity (Wildman–Crippen MR) is 85.7 cm³/mol. The Morgan fingerprint density at radius 1 is 1.24 bits per heavy atom. The van der Waals surface area contributed by atoms with Crippen LogP contribution < -0.4 is 15.2 Å². The molecule has 3 atom stereocenters. The number of fused-ring (bicyclic) bond motifs is 2. The molecule has 0 heterocycles. The van der Waals surface area contributed by atoms with Gasteiger partial charge in [0.1, 0.15) is 23.3 Å². The van der Waals surface area contributed by atoms with E-state index < -0.39 is 0 Å². The Morgan fingerprint density at radius 2 is 1.95 bits per heavy atom. The Kier molecular flexibility index (Phi) is 3.34. The van der Waals surface area contributed by atoms with Crippen molar-refractivity contribution in [3.63, 3.8) is 0 Å². The average molecular weight is 289 g/mol. The van der Waals surface area contributed by atoms with Crippen LogP contribution >= 0.6 is 0 Å². The second-order valence-electron chi connectivity index (χ2n) is 7.32. The highest BCUT2D eigenvalue weighted by Crippen LogP contribution is 2.66. The Labute approximate surface area is 127 Å². The van der Waals surface area contributed by atoms with E-state index in [0.29, 0.717) is 17.7 Å². The third-order valence-corrected chi connectivity index (χ3v) is 6.31. The van der Waals surface area contributed by atoms with E-state index in [4.69, 9.17) is 15.2 Å². The molecule has 0 aromatic heterocycles. The van der Waals surface area contributed by atoms with Crippen molar-refractivity contribution in [3.8, 4) is 11.5 Å². The third kappa shape index (κ3) is 2.01. The van der Waals surface area contributed by atoms with Crippen molar-refractivity contribution in [2.24, 2.45) is 16.7 Å². The van der Waals surface area contributed by atoms with Crippen LogP contribution in [0.25, 0.3) is 0 Å². The Hall–Kier alpha value is -1.38. The summed E-state index contributed by atoms with van der Waals surface area (Å²) >= 11 is 0. The van der Waals surface area contributed by atoms with Gasteiger partial charge in [0.2, 0.25) is 0 Å². The number of para-hydroxylation sites is 1. The van der Waals surface area contributed by atoms with Crippen LogP contribution in [0.4, 0.5) is 5.69 Å². The van der Waals surface area contributed by atoms with Crippen molar-refractivity contribution in [3.05, 3.63) is 18.2 Å². The van der Waals surface area contributed by atoms with Gasteiger partial charge in [-0.25, -0.2) is 0 Å². The van der Waals surface area contributed by atoms with E-state index in [-0.39, 0.29) is 11.5 Å². The lowest BCUT2D eigenvalue weighted by Gasteiger charge is -2.39. The summed E-state index contributed by atoms with van der Waals surface area (Å²) in [5.74, 6) is 2.27. The molecule has 3 unspecified atom stereocenters. The van der Waals surface area contributed by atoms with Crippen molar-refractivity contribution in [2.75, 3.05) is 12.3 Å². The molecule has 3 nitrogen and oxygen atoms in total. The second kappa shape index (κ2) is 4.82. The Morgan fingerprint density at radius 3 is 2.52 bits per heavy atom. The summed E-state index contributed by atoms with van der Waals surface area (Å²) in [7, 11) is 0. The monoisotopic (exact) mass is 289 g/mol. The Bertz CT molecular complexity index is 540. The minimum atomic E-state index is 0.242. The van der Waals surface area contributed by atoms with Gasteiger partial charge in [0.25, 0.3) is 0 Å². The normalized spacial score (nSPS) is 33.1. The number of rotatable bonds is 4. The number of ether oxygens (including phenoxy) is 2. The summed E-state index contributed by atoms with van der Waals surface area (Å²) in [6, 6.07) is 5.82. The van der Waals surface area contributed by atoms with Gasteiger partial charge in [-0.3, -0.25) is 0 Å². The van der Waals surface area contributed by atoms with E-state index in [1.807, 2.05) is 25.1 Å². The highest BCUT2D eigenvalue weighted by atomic mass is 16.5. The number of anilines is 1. The summed E-state index contributed by atoms with van der Waals surface area (Å²) < 4.78 is 11.9. The van der Waals surface area contributed by atoms with E-state index in [1.54, 1.807) is 0 Å². The zero-order valence-electron chi connectivity index (χ0n) is 13.6. The van der Waals surface area contributed by atoms with Crippen LogP contribution in [0, 0.1) is 16.7 Å². The SMILES string of the molecule is CCOc1cccc(OC2CC3CCC2(C)C3(C)C)c1N. The number of benzene rings is 1. The van der Waals surface area contributed by atoms with Crippen LogP contribution in [0.3, 0.4) is 0 Å². The summed E-state index contributed by atoms with van der Waals surface area (Å²) in [6.45, 7) is 9.76. The highest BCUT2D eigenvalue weighted by Gasteiger charge is 2.62. The fraction of sp³-hybridized carbons (Fsp3) is 0.667. The summed E-state index contributed by atoms with van der Waals surface area (Å²) in [5.41, 5.74) is 7.43. The largest absolute Gasteiger partial charge is 0.492 e. The van der Waals surface area contributed by atoms with Crippen LogP contribution in [-0.2, 0) is 0 Å². The average Bonchev–Trinajstić information content (AvgIpc) is 2.76. The maximum Gasteiger partial charge on any atom is 0.146 e. The van der Waals surface area contributed by atoms with E-state index in [0.717, 1.165) is 23.8 Å². The lowest BCUT2D eigenvalue weighted by molar-refractivity contribution is 0.0305. The lowest BCUT2D eigenvalue weighted by Crippen LogP contribution is -2.39. The molecule has 2 fully saturated rings. The topological polar surface area (TPSA) is 44.5 Å². The van der Waals surface area contributed by atoms with Crippen LogP contribution in [0.2, 0.25) is 0 Å². The van der Waals surface area contributed by atoms with Crippen molar-refractivity contribution in [2.45, 2.75) is 53.1 Å². The standard InChI is InChI=1S/C18H27NO2/c1-5-20-13-7-6-8-14(16(13)19)21-15-11-12-9-10-18(15,4)17(12,2)3/h6-8,12,15H,5,9-11,19H2,1-4H3. The van der Waals surface area contributed by atoms with Crippen LogP contribution in [0.15, 0.2) is 18.2 Å². The number of hydrogen-bond donors (Lipinski definition) is 1. The van der Waals surface area contributed by atoms with E-state index >= 15 is 0 Å². The van der Waals surface area contributed by atoms with E-state index in [1.165, 1.54) is 12.8 Å². The molecule has 21 heavy (non-hydrogen) atoms. The molecule has 0 aliphatic heterocycles. The fourth-order valence-corrected chi connectivity index (χ4v) is 4.37. The first kappa shape index (κ1) is 14.6. The van der Waals surface area contributed by atoms with Gasteiger partial charge in [0.15, 0.2) is 0 Å². The number of nitrogen functional groups attached to an aromatic ring is 1. The summed E-state index contributed by atoms with van der Waals surface area (Å²) in [5, 5.41) is 0. The van der Waals surface area contributed by atoms with Gasteiger partial charge in [-0.15, -0.1) is 0 Å². The third-order valence-electron chi connectivity index (χ3n) is 6.31. The van der Waals surface area contributed by atoms with Gasteiger partial charge < -0.3 is 15.2 Å². The van der Waals surface area contributed by atoms with Gasteiger partial charge in [0, 0.05) is 5.41 Å². The van der Waals surface area contributed by atoms with Crippen LogP contribution in [0.5, 0.6) is 11.5 Å². The summed E-state index contributed by atoms with van der Waals surface area (Å²) in [6.07, 6.45) is 3.98. The van der Waals surface area contributed by atoms with E-state index in [2.05, 4.69) is 20.8 Å². The maximum absolute atomic E-state index is 6.36. The van der Waals surface area contributed by atoms with Crippen LogP contribution in [-0.4, -0.2) is 12.7 Å². The van der Waals surface area contributed by atoms with Gasteiger partial charge in [-0.2, -0.15) is 0 Å². The van der Waals surface area contributed by atoms with Crippen molar-refractivity contribution in [1.29, 1.82) is 0 Å². The van der Waals surface area contributed by atoms with Crippen molar-refractivity contribution in [1.82, 2.24) is 0 Å². The maximum atomic E-state index is 6.36. The molecule has 2 aliphatic carbocycles. The van der Waals surface area contributed by atoms with Crippen LogP contribution in [0.1, 0.15) is 47.0 Å². The molecule has 3 rings (SSSR count). The van der Waals surface area contributed by atoms with Gasteiger partial charge in [-0.05, 0) is 49.7 Å². The predicted octanol–water partition coefficient (Wildman–Crippen LogP) is 4.26. The smallest absolute Gasteiger partial charge is 0.146 e. The molecule has 2 N–H and O–H groups in total. The molecule has 3 heteroatoms. The zero-order valence-corrected chi connectivity index (χ0v) is 13.6. The molecule has 1 aromatic carbocycles. The minimum absolute atomic E-state index is 0.242. The molecule has 2 bridgehead atoms. The highest BCUT2D eigenvalue weighted by molar-refractivity contribution is 5.62. The van der Waals surface area contributed by atoms with Gasteiger partial charge in [-0.1, -0.05) is 26.8 Å². The molecule has 116 valence electrons. The number of hydrogen-bond acceptors (Lipinski definition) is 3. The first-order valence-electron chi connectivity index (χ1n) is 8.08. The summed E-state index contributed by atoms with van der Waals surface area (Å²) in [4.78, 5) is 0. The van der Waals surface area contributed by atoms with E-state index in [9.17, 15) is 0 Å². The molecule has 0 amide bonds. The first-order chi connectivity index (χ1) is 9.90. The molecular formula is C18H27NO2. The second-order valence-corrected chi connectivity index (χ2v) is 7.32. The molecule has 2 saturated carbocycles. The van der Waals surface area contributed by atoms with Crippen molar-refractivity contribution < 1.29 is 9.47 Å². The fourth-order valence-electron chi connectivity index (χ4n) is 4.37. The first-order valence-corrected chi connectivity index (χ1v) is 8.08. The molecule has 0 saturated heterocycles. The molecule has 2 aliphatic rings. The van der Waals surface area contributed by atoms with Gasteiger partial charge >= 0.3 is 0 Å². The number of nitrogens with two attached hydrogens (primary N) is 1. The van der Waals surface area contributed by atoms with Gasteiger partial charge in [0.05, 0.1) is 6.61 Å². The minimum Gasteiger partial charge on any atom is -0.492 e. The molecule has 1 aromatic rings. The zero-order chi connectivity index (χ0) is 15.3. The molecule has 0 radical (unpaired) electrons. The lowest BCUT2D eigenvalue weighted by atomic mass is 9.70. The molecular weight excluding hydrogens is 262 g/mol.